The van der Waals surface area contributed by atoms with E-state index < -0.39 is 0 Å². The summed E-state index contributed by atoms with van der Waals surface area (Å²) in [6.07, 6.45) is 0.849. The van der Waals surface area contributed by atoms with Crippen LogP contribution in [0.25, 0.3) is 0 Å². The molecule has 3 N–H and O–H groups in total. The number of amides is 1. The highest BCUT2D eigenvalue weighted by molar-refractivity contribution is 5.82. The molecule has 0 aromatic rings. The predicted octanol–water partition coefficient (Wildman–Crippen LogP) is -0.0659. The minimum absolute atomic E-state index is 0.00609. The molecule has 82 valence electrons. The van der Waals surface area contributed by atoms with E-state index in [1.165, 1.54) is 0 Å². The zero-order valence-corrected chi connectivity index (χ0v) is 9.34. The highest BCUT2D eigenvalue weighted by Crippen LogP contribution is 2.11. The second-order valence-electron chi connectivity index (χ2n) is 4.67. The highest BCUT2D eigenvalue weighted by Gasteiger charge is 2.30. The maximum atomic E-state index is 11.5. The summed E-state index contributed by atoms with van der Waals surface area (Å²) in [6, 6.07) is 0.00609. The monoisotopic (exact) mass is 199 g/mol. The van der Waals surface area contributed by atoms with Gasteiger partial charge in [0.2, 0.25) is 5.91 Å². The topological polar surface area (TPSA) is 58.4 Å². The van der Waals surface area contributed by atoms with Crippen molar-refractivity contribution >= 4 is 5.91 Å². The number of hydrogen-bond acceptors (Lipinski definition) is 3. The Bertz CT molecular complexity index is 210. The third kappa shape index (κ3) is 2.96. The molecular weight excluding hydrogens is 178 g/mol. The number of carbonyl (C=O) groups is 1. The van der Waals surface area contributed by atoms with Crippen LogP contribution in [-0.2, 0) is 4.79 Å². The van der Waals surface area contributed by atoms with Gasteiger partial charge in [0.05, 0.1) is 6.04 Å². The molecule has 0 aromatic carbocycles. The lowest BCUT2D eigenvalue weighted by Crippen LogP contribution is -2.59. The summed E-state index contributed by atoms with van der Waals surface area (Å²) in [4.78, 5) is 13.7. The second kappa shape index (κ2) is 4.28. The zero-order valence-electron chi connectivity index (χ0n) is 9.34. The van der Waals surface area contributed by atoms with Gasteiger partial charge in [0, 0.05) is 25.2 Å². The van der Waals surface area contributed by atoms with E-state index in [2.05, 4.69) is 10.2 Å². The summed E-state index contributed by atoms with van der Waals surface area (Å²) in [7, 11) is 0. The lowest BCUT2D eigenvalue weighted by atomic mass is 10.0. The van der Waals surface area contributed by atoms with Crippen molar-refractivity contribution in [2.45, 2.75) is 38.8 Å². The molecule has 1 unspecified atom stereocenters. The first kappa shape index (κ1) is 11.5. The first-order valence-corrected chi connectivity index (χ1v) is 5.24. The van der Waals surface area contributed by atoms with Gasteiger partial charge in [-0.1, -0.05) is 6.92 Å². The van der Waals surface area contributed by atoms with Gasteiger partial charge in [0.1, 0.15) is 0 Å². The number of piperazine rings is 1. The first-order valence-electron chi connectivity index (χ1n) is 5.24. The van der Waals surface area contributed by atoms with Crippen molar-refractivity contribution in [3.05, 3.63) is 0 Å². The molecule has 1 aliphatic heterocycles. The van der Waals surface area contributed by atoms with Gasteiger partial charge < -0.3 is 11.1 Å². The fourth-order valence-electron chi connectivity index (χ4n) is 1.92. The van der Waals surface area contributed by atoms with Crippen LogP contribution < -0.4 is 11.1 Å². The van der Waals surface area contributed by atoms with Crippen LogP contribution in [0.5, 0.6) is 0 Å². The molecule has 1 heterocycles. The Labute approximate surface area is 85.8 Å². The molecule has 0 spiro atoms. The van der Waals surface area contributed by atoms with Gasteiger partial charge >= 0.3 is 0 Å². The van der Waals surface area contributed by atoms with Crippen molar-refractivity contribution in [1.82, 2.24) is 10.2 Å². The molecule has 1 saturated heterocycles. The van der Waals surface area contributed by atoms with Gasteiger partial charge in [-0.25, -0.2) is 0 Å². The number of nitrogens with zero attached hydrogens (tertiary/aromatic N) is 1. The Hall–Kier alpha value is -0.610. The maximum absolute atomic E-state index is 11.5. The van der Waals surface area contributed by atoms with Crippen molar-refractivity contribution in [2.75, 3.05) is 19.6 Å². The van der Waals surface area contributed by atoms with Crippen molar-refractivity contribution < 1.29 is 4.79 Å². The number of nitrogens with one attached hydrogen (secondary N) is 1. The average molecular weight is 199 g/mol. The Kier molecular flexibility index (Phi) is 3.50. The predicted molar refractivity (Wildman–Crippen MR) is 56.9 cm³/mol. The van der Waals surface area contributed by atoms with Crippen LogP contribution in [0.15, 0.2) is 0 Å². The van der Waals surface area contributed by atoms with E-state index in [0.29, 0.717) is 0 Å². The maximum Gasteiger partial charge on any atom is 0.237 e. The van der Waals surface area contributed by atoms with Gasteiger partial charge in [-0.05, 0) is 20.3 Å². The lowest BCUT2D eigenvalue weighted by molar-refractivity contribution is -0.129. The van der Waals surface area contributed by atoms with Crippen LogP contribution >= 0.6 is 0 Å². The molecule has 0 aliphatic carbocycles. The molecule has 0 saturated carbocycles. The van der Waals surface area contributed by atoms with Crippen molar-refractivity contribution in [2.24, 2.45) is 5.73 Å². The molecule has 1 rings (SSSR count). The number of rotatable bonds is 3. The molecule has 0 aromatic heterocycles. The van der Waals surface area contributed by atoms with Crippen LogP contribution in [0.1, 0.15) is 27.2 Å². The van der Waals surface area contributed by atoms with E-state index in [1.807, 2.05) is 20.8 Å². The van der Waals surface area contributed by atoms with E-state index in [0.717, 1.165) is 26.1 Å². The van der Waals surface area contributed by atoms with E-state index in [1.54, 1.807) is 0 Å². The third-order valence-corrected chi connectivity index (χ3v) is 2.44. The molecule has 1 aliphatic rings. The molecule has 1 atom stereocenters. The van der Waals surface area contributed by atoms with E-state index >= 15 is 0 Å². The second-order valence-corrected chi connectivity index (χ2v) is 4.67. The van der Waals surface area contributed by atoms with Gasteiger partial charge in [0.25, 0.3) is 0 Å². The fraction of sp³-hybridized carbons (Fsp3) is 0.900. The Morgan fingerprint density at radius 2 is 2.29 bits per heavy atom. The van der Waals surface area contributed by atoms with Gasteiger partial charge in [-0.3, -0.25) is 9.69 Å². The minimum Gasteiger partial charge on any atom is -0.353 e. The molecule has 0 bridgehead atoms. The van der Waals surface area contributed by atoms with Crippen molar-refractivity contribution in [3.8, 4) is 0 Å². The number of hydrogen-bond donors (Lipinski definition) is 2. The summed E-state index contributed by atoms with van der Waals surface area (Å²) >= 11 is 0. The van der Waals surface area contributed by atoms with E-state index in [9.17, 15) is 4.79 Å². The quantitative estimate of drug-likeness (QED) is 0.669. The van der Waals surface area contributed by atoms with Crippen LogP contribution in [0.2, 0.25) is 0 Å². The van der Waals surface area contributed by atoms with Crippen LogP contribution in [0, 0.1) is 0 Å². The summed E-state index contributed by atoms with van der Waals surface area (Å²) in [5.74, 6) is 0.142. The average Bonchev–Trinajstić information content (AvgIpc) is 2.01. The third-order valence-electron chi connectivity index (χ3n) is 2.44. The minimum atomic E-state index is -0.231. The number of carbonyl (C=O) groups excluding carboxylic acids is 1. The smallest absolute Gasteiger partial charge is 0.237 e. The Balaban J connectivity index is 2.61. The largest absolute Gasteiger partial charge is 0.353 e. The van der Waals surface area contributed by atoms with Gasteiger partial charge in [-0.2, -0.15) is 0 Å². The molecule has 14 heavy (non-hydrogen) atoms. The molecule has 4 heteroatoms. The Morgan fingerprint density at radius 3 is 2.79 bits per heavy atom. The summed E-state index contributed by atoms with van der Waals surface area (Å²) in [5, 5.41) is 2.88. The van der Waals surface area contributed by atoms with Gasteiger partial charge in [0.15, 0.2) is 0 Å². The summed E-state index contributed by atoms with van der Waals surface area (Å²) in [5.41, 5.74) is 5.72. The first-order chi connectivity index (χ1) is 6.44. The summed E-state index contributed by atoms with van der Waals surface area (Å²) < 4.78 is 0. The van der Waals surface area contributed by atoms with E-state index in [-0.39, 0.29) is 17.5 Å². The standard InChI is InChI=1S/C10H21N3O/c1-4-8-9(14)12-5-6-13(8)7-10(2,3)11/h8H,4-7,11H2,1-3H3,(H,12,14). The molecule has 1 fully saturated rings. The summed E-state index contributed by atoms with van der Waals surface area (Å²) in [6.45, 7) is 8.44. The SMILES string of the molecule is CCC1C(=O)NCCN1CC(C)(C)N. The van der Waals surface area contributed by atoms with Gasteiger partial charge in [-0.15, -0.1) is 0 Å². The van der Waals surface area contributed by atoms with Crippen molar-refractivity contribution in [3.63, 3.8) is 0 Å². The van der Waals surface area contributed by atoms with Crippen molar-refractivity contribution in [1.29, 1.82) is 0 Å². The van der Waals surface area contributed by atoms with E-state index in [4.69, 9.17) is 5.73 Å². The fourth-order valence-corrected chi connectivity index (χ4v) is 1.92. The number of nitrogens with two attached hydrogens (primary N) is 1. The van der Waals surface area contributed by atoms with Crippen LogP contribution in [0.3, 0.4) is 0 Å². The van der Waals surface area contributed by atoms with Crippen LogP contribution in [-0.4, -0.2) is 42.0 Å². The molecular formula is C10H21N3O. The molecule has 4 nitrogen and oxygen atoms in total. The highest BCUT2D eigenvalue weighted by atomic mass is 16.2. The zero-order chi connectivity index (χ0) is 10.8. The van der Waals surface area contributed by atoms with Crippen LogP contribution in [0.4, 0.5) is 0 Å². The Morgan fingerprint density at radius 1 is 1.64 bits per heavy atom. The normalized spacial score (nSPS) is 24.9. The molecule has 1 amide bonds. The molecule has 0 radical (unpaired) electrons. The lowest BCUT2D eigenvalue weighted by Gasteiger charge is -2.38.